The van der Waals surface area contributed by atoms with E-state index < -0.39 is 5.97 Å². The average Bonchev–Trinajstić information content (AvgIpc) is 2.77. The summed E-state index contributed by atoms with van der Waals surface area (Å²) in [5.41, 5.74) is 1.58. The summed E-state index contributed by atoms with van der Waals surface area (Å²) in [7, 11) is 1.51. The van der Waals surface area contributed by atoms with E-state index in [9.17, 15) is 4.79 Å². The Morgan fingerprint density at radius 2 is 2.24 bits per heavy atom. The third kappa shape index (κ3) is 3.25. The van der Waals surface area contributed by atoms with Crippen molar-refractivity contribution >= 4 is 29.4 Å². The highest BCUT2D eigenvalue weighted by Crippen LogP contribution is 2.37. The fourth-order valence-electron chi connectivity index (χ4n) is 1.79. The fourth-order valence-corrected chi connectivity index (χ4v) is 2.07. The Labute approximate surface area is 127 Å². The minimum absolute atomic E-state index is 0.314. The van der Waals surface area contributed by atoms with E-state index in [4.69, 9.17) is 21.1 Å². The SMILES string of the molecule is C=CCOc1c(Cl)cc(/C=C2\C(=O)ON=C2C)cc1OC. The number of hydrogen-bond donors (Lipinski definition) is 0. The van der Waals surface area contributed by atoms with Gasteiger partial charge in [0.25, 0.3) is 0 Å². The van der Waals surface area contributed by atoms with Gasteiger partial charge in [-0.05, 0) is 30.7 Å². The lowest BCUT2D eigenvalue weighted by atomic mass is 10.1. The molecule has 1 aliphatic rings. The van der Waals surface area contributed by atoms with Crippen molar-refractivity contribution in [2.45, 2.75) is 6.92 Å². The number of nitrogens with zero attached hydrogens (tertiary/aromatic N) is 1. The first kappa shape index (κ1) is 15.1. The Morgan fingerprint density at radius 3 is 2.81 bits per heavy atom. The lowest BCUT2D eigenvalue weighted by Gasteiger charge is -2.12. The molecule has 0 amide bonds. The van der Waals surface area contributed by atoms with Crippen molar-refractivity contribution in [3.05, 3.63) is 40.9 Å². The first-order chi connectivity index (χ1) is 10.1. The van der Waals surface area contributed by atoms with Gasteiger partial charge in [0, 0.05) is 0 Å². The normalized spacial score (nSPS) is 15.7. The van der Waals surface area contributed by atoms with Crippen LogP contribution < -0.4 is 9.47 Å². The van der Waals surface area contributed by atoms with Crippen molar-refractivity contribution in [2.75, 3.05) is 13.7 Å². The summed E-state index contributed by atoms with van der Waals surface area (Å²) in [6, 6.07) is 3.39. The molecule has 0 aromatic heterocycles. The molecule has 0 N–H and O–H groups in total. The topological polar surface area (TPSA) is 57.1 Å². The van der Waals surface area contributed by atoms with Gasteiger partial charge in [0.05, 0.1) is 23.4 Å². The van der Waals surface area contributed by atoms with Crippen molar-refractivity contribution in [3.63, 3.8) is 0 Å². The average molecular weight is 308 g/mol. The van der Waals surface area contributed by atoms with Gasteiger partial charge in [0.2, 0.25) is 0 Å². The van der Waals surface area contributed by atoms with E-state index in [0.29, 0.717) is 40.0 Å². The van der Waals surface area contributed by atoms with Gasteiger partial charge in [-0.2, -0.15) is 0 Å². The molecule has 1 aromatic rings. The second kappa shape index (κ2) is 6.45. The molecule has 0 radical (unpaired) electrons. The van der Waals surface area contributed by atoms with Crippen LogP contribution in [-0.4, -0.2) is 25.4 Å². The number of carbonyl (C=O) groups is 1. The fraction of sp³-hybridized carbons (Fsp3) is 0.200. The molecule has 1 heterocycles. The number of ether oxygens (including phenoxy) is 2. The highest BCUT2D eigenvalue weighted by atomic mass is 35.5. The van der Waals surface area contributed by atoms with E-state index in [1.807, 2.05) is 0 Å². The van der Waals surface area contributed by atoms with Crippen molar-refractivity contribution < 1.29 is 19.1 Å². The Kier molecular flexibility index (Phi) is 4.65. The Morgan fingerprint density at radius 1 is 1.48 bits per heavy atom. The van der Waals surface area contributed by atoms with E-state index in [1.165, 1.54) is 7.11 Å². The summed E-state index contributed by atoms with van der Waals surface area (Å²) in [4.78, 5) is 16.1. The molecule has 0 spiro atoms. The lowest BCUT2D eigenvalue weighted by Crippen LogP contribution is -2.02. The number of oxime groups is 1. The van der Waals surface area contributed by atoms with Crippen molar-refractivity contribution in [3.8, 4) is 11.5 Å². The molecule has 110 valence electrons. The minimum Gasteiger partial charge on any atom is -0.493 e. The Hall–Kier alpha value is -2.27. The Balaban J connectivity index is 2.41. The van der Waals surface area contributed by atoms with E-state index in [1.54, 1.807) is 31.2 Å². The lowest BCUT2D eigenvalue weighted by molar-refractivity contribution is -0.136. The molecule has 0 unspecified atom stereocenters. The van der Waals surface area contributed by atoms with E-state index >= 15 is 0 Å². The predicted octanol–water partition coefficient (Wildman–Crippen LogP) is 3.23. The summed E-state index contributed by atoms with van der Waals surface area (Å²) < 4.78 is 10.7. The first-order valence-corrected chi connectivity index (χ1v) is 6.54. The third-order valence-electron chi connectivity index (χ3n) is 2.78. The molecule has 21 heavy (non-hydrogen) atoms. The van der Waals surface area contributed by atoms with E-state index in [-0.39, 0.29) is 0 Å². The smallest absolute Gasteiger partial charge is 0.367 e. The maximum absolute atomic E-state index is 11.5. The van der Waals surface area contributed by atoms with Crippen molar-refractivity contribution in [1.29, 1.82) is 0 Å². The Bertz CT molecular complexity index is 649. The number of hydrogen-bond acceptors (Lipinski definition) is 5. The van der Waals surface area contributed by atoms with Gasteiger partial charge in [-0.15, -0.1) is 0 Å². The van der Waals surface area contributed by atoms with Crippen LogP contribution >= 0.6 is 11.6 Å². The van der Waals surface area contributed by atoms with Crippen LogP contribution in [0.25, 0.3) is 6.08 Å². The zero-order valence-electron chi connectivity index (χ0n) is 11.7. The van der Waals surface area contributed by atoms with Gasteiger partial charge >= 0.3 is 5.97 Å². The monoisotopic (exact) mass is 307 g/mol. The molecule has 0 saturated heterocycles. The van der Waals surface area contributed by atoms with Crippen LogP contribution in [0.1, 0.15) is 12.5 Å². The van der Waals surface area contributed by atoms with Crippen LogP contribution in [0.3, 0.4) is 0 Å². The number of carbonyl (C=O) groups excluding carboxylic acids is 1. The summed E-state index contributed by atoms with van der Waals surface area (Å²) >= 11 is 6.19. The molecule has 1 aromatic carbocycles. The van der Waals surface area contributed by atoms with Crippen molar-refractivity contribution in [1.82, 2.24) is 0 Å². The number of benzene rings is 1. The summed E-state index contributed by atoms with van der Waals surface area (Å²) in [6.07, 6.45) is 3.25. The second-order valence-electron chi connectivity index (χ2n) is 4.25. The summed E-state index contributed by atoms with van der Waals surface area (Å²) in [6.45, 7) is 5.59. The molecule has 0 bridgehead atoms. The predicted molar refractivity (Wildman–Crippen MR) is 80.9 cm³/mol. The molecule has 0 saturated carbocycles. The number of rotatable bonds is 5. The van der Waals surface area contributed by atoms with Crippen LogP contribution in [0.4, 0.5) is 0 Å². The third-order valence-corrected chi connectivity index (χ3v) is 3.06. The second-order valence-corrected chi connectivity index (χ2v) is 4.65. The van der Waals surface area contributed by atoms with Crippen LogP contribution in [0.5, 0.6) is 11.5 Å². The first-order valence-electron chi connectivity index (χ1n) is 6.16. The summed E-state index contributed by atoms with van der Waals surface area (Å²) in [5, 5.41) is 4.00. The maximum atomic E-state index is 11.5. The quantitative estimate of drug-likeness (QED) is 0.476. The van der Waals surface area contributed by atoms with Crippen LogP contribution in [-0.2, 0) is 9.63 Å². The van der Waals surface area contributed by atoms with E-state index in [0.717, 1.165) is 0 Å². The summed E-state index contributed by atoms with van der Waals surface area (Å²) in [5.74, 6) is 0.410. The van der Waals surface area contributed by atoms with Gasteiger partial charge < -0.3 is 14.3 Å². The molecule has 6 heteroatoms. The zero-order valence-corrected chi connectivity index (χ0v) is 12.4. The highest BCUT2D eigenvalue weighted by molar-refractivity contribution is 6.32. The molecule has 2 rings (SSSR count). The number of halogens is 1. The van der Waals surface area contributed by atoms with Gasteiger partial charge in [0.15, 0.2) is 11.5 Å². The molecule has 1 aliphatic heterocycles. The standard InChI is InChI=1S/C15H14ClNO4/c1-4-5-20-14-12(16)7-10(8-13(14)19-3)6-11-9(2)17-21-15(11)18/h4,6-8H,1,5H2,2-3H3/b11-6-. The molecule has 0 aliphatic carbocycles. The van der Waals surface area contributed by atoms with Gasteiger partial charge in [-0.3, -0.25) is 0 Å². The number of methoxy groups -OCH3 is 1. The molecular formula is C15H14ClNO4. The van der Waals surface area contributed by atoms with Gasteiger partial charge in [-0.25, -0.2) is 4.79 Å². The molecular weight excluding hydrogens is 294 g/mol. The largest absolute Gasteiger partial charge is 0.493 e. The van der Waals surface area contributed by atoms with Crippen LogP contribution in [0, 0.1) is 0 Å². The van der Waals surface area contributed by atoms with Crippen LogP contribution in [0.2, 0.25) is 5.02 Å². The molecule has 5 nitrogen and oxygen atoms in total. The van der Waals surface area contributed by atoms with Gasteiger partial charge in [-0.1, -0.05) is 29.4 Å². The van der Waals surface area contributed by atoms with E-state index in [2.05, 4.69) is 16.6 Å². The van der Waals surface area contributed by atoms with Crippen LogP contribution in [0.15, 0.2) is 35.5 Å². The molecule has 0 fully saturated rings. The van der Waals surface area contributed by atoms with Crippen molar-refractivity contribution in [2.24, 2.45) is 5.16 Å². The minimum atomic E-state index is -0.491. The molecule has 0 atom stereocenters. The zero-order chi connectivity index (χ0) is 15.4. The highest BCUT2D eigenvalue weighted by Gasteiger charge is 2.22. The van der Waals surface area contributed by atoms with Gasteiger partial charge in [0.1, 0.15) is 6.61 Å². The maximum Gasteiger partial charge on any atom is 0.367 e.